The highest BCUT2D eigenvalue weighted by molar-refractivity contribution is 6.12. The van der Waals surface area contributed by atoms with E-state index in [0.29, 0.717) is 28.6 Å². The van der Waals surface area contributed by atoms with E-state index >= 15 is 0 Å². The number of aryl methyl sites for hydroxylation is 1. The molecule has 2 amide bonds. The Balaban J connectivity index is 1.75. The van der Waals surface area contributed by atoms with Crippen molar-refractivity contribution in [2.45, 2.75) is 32.5 Å². The van der Waals surface area contributed by atoms with Crippen molar-refractivity contribution in [1.82, 2.24) is 15.1 Å². The molecular formula is C24H25FN4O4. The minimum Gasteiger partial charge on any atom is -0.497 e. The van der Waals surface area contributed by atoms with Crippen molar-refractivity contribution in [3.05, 3.63) is 71.3 Å². The predicted octanol–water partition coefficient (Wildman–Crippen LogP) is 3.08. The molecule has 2 heterocycles. The van der Waals surface area contributed by atoms with Crippen LogP contribution in [-0.2, 0) is 17.9 Å². The molecule has 1 atom stereocenters. The zero-order valence-corrected chi connectivity index (χ0v) is 18.9. The van der Waals surface area contributed by atoms with Crippen LogP contribution in [-0.4, -0.2) is 41.4 Å². The first-order valence-corrected chi connectivity index (χ1v) is 10.4. The second-order valence-electron chi connectivity index (χ2n) is 8.09. The standard InChI is InChI=1S/C24H25FN4O4/c1-15-11-20-22(30)29(19-10-9-18(32-3)12-21(19)33-4)24(2,14-28(20)27-15)23(31)26-13-16-5-7-17(25)8-6-16/h5-12H,13-14H2,1-4H3,(H,26,31)/t24-/m0/s1. The molecule has 8 nitrogen and oxygen atoms in total. The summed E-state index contributed by atoms with van der Waals surface area (Å²) in [4.78, 5) is 28.6. The van der Waals surface area contributed by atoms with Gasteiger partial charge in [0.25, 0.3) is 5.91 Å². The average molecular weight is 452 g/mol. The predicted molar refractivity (Wildman–Crippen MR) is 120 cm³/mol. The van der Waals surface area contributed by atoms with Gasteiger partial charge < -0.3 is 14.8 Å². The zero-order valence-electron chi connectivity index (χ0n) is 18.9. The largest absolute Gasteiger partial charge is 0.497 e. The summed E-state index contributed by atoms with van der Waals surface area (Å²) in [7, 11) is 3.03. The van der Waals surface area contributed by atoms with Crippen LogP contribution < -0.4 is 19.7 Å². The van der Waals surface area contributed by atoms with E-state index in [1.807, 2.05) is 0 Å². The van der Waals surface area contributed by atoms with Gasteiger partial charge in [-0.1, -0.05) is 12.1 Å². The van der Waals surface area contributed by atoms with Crippen LogP contribution in [0.5, 0.6) is 11.5 Å². The Labute approximate surface area is 190 Å². The number of nitrogens with zero attached hydrogens (tertiary/aromatic N) is 3. The van der Waals surface area contributed by atoms with Gasteiger partial charge in [0.1, 0.15) is 28.5 Å². The van der Waals surface area contributed by atoms with Crippen molar-refractivity contribution in [1.29, 1.82) is 0 Å². The molecule has 0 aliphatic carbocycles. The van der Waals surface area contributed by atoms with Crippen LogP contribution in [0.2, 0.25) is 0 Å². The fraction of sp³-hybridized carbons (Fsp3) is 0.292. The summed E-state index contributed by atoms with van der Waals surface area (Å²) in [6, 6.07) is 12.6. The highest BCUT2D eigenvalue weighted by Gasteiger charge is 2.49. The number of aromatic nitrogens is 2. The summed E-state index contributed by atoms with van der Waals surface area (Å²) >= 11 is 0. The summed E-state index contributed by atoms with van der Waals surface area (Å²) in [5.41, 5.74) is 0.919. The van der Waals surface area contributed by atoms with E-state index in [4.69, 9.17) is 9.47 Å². The maximum absolute atomic E-state index is 13.6. The molecule has 0 saturated carbocycles. The molecule has 1 aliphatic heterocycles. The lowest BCUT2D eigenvalue weighted by atomic mass is 9.93. The minimum atomic E-state index is -1.32. The average Bonchev–Trinajstić information content (AvgIpc) is 3.18. The SMILES string of the molecule is COc1ccc(N2C(=O)c3cc(C)nn3C[C@@]2(C)C(=O)NCc2ccc(F)cc2)c(OC)c1. The van der Waals surface area contributed by atoms with Crippen LogP contribution >= 0.6 is 0 Å². The number of hydrogen-bond acceptors (Lipinski definition) is 5. The summed E-state index contributed by atoms with van der Waals surface area (Å²) in [6.45, 7) is 3.81. The molecule has 0 fully saturated rings. The van der Waals surface area contributed by atoms with Crippen LogP contribution in [0, 0.1) is 12.7 Å². The van der Waals surface area contributed by atoms with Crippen molar-refractivity contribution in [2.75, 3.05) is 19.1 Å². The number of ether oxygens (including phenoxy) is 2. The summed E-state index contributed by atoms with van der Waals surface area (Å²) in [6.07, 6.45) is 0. The Morgan fingerprint density at radius 2 is 1.88 bits per heavy atom. The number of fused-ring (bicyclic) bond motifs is 1. The minimum absolute atomic E-state index is 0.145. The van der Waals surface area contributed by atoms with E-state index in [-0.39, 0.29) is 30.7 Å². The van der Waals surface area contributed by atoms with Crippen LogP contribution in [0.15, 0.2) is 48.5 Å². The van der Waals surface area contributed by atoms with Gasteiger partial charge in [-0.3, -0.25) is 19.2 Å². The van der Waals surface area contributed by atoms with Crippen LogP contribution in [0.4, 0.5) is 10.1 Å². The topological polar surface area (TPSA) is 85.7 Å². The molecule has 0 bridgehead atoms. The number of methoxy groups -OCH3 is 2. The Morgan fingerprint density at radius 1 is 1.15 bits per heavy atom. The van der Waals surface area contributed by atoms with E-state index < -0.39 is 5.54 Å². The van der Waals surface area contributed by atoms with Crippen molar-refractivity contribution in [3.8, 4) is 11.5 Å². The first kappa shape index (κ1) is 22.3. The maximum Gasteiger partial charge on any atom is 0.277 e. The second kappa shape index (κ2) is 8.57. The third kappa shape index (κ3) is 4.02. The number of nitrogens with one attached hydrogen (secondary N) is 1. The molecule has 3 aromatic rings. The van der Waals surface area contributed by atoms with Gasteiger partial charge in [-0.25, -0.2) is 4.39 Å². The number of carbonyl (C=O) groups is 2. The van der Waals surface area contributed by atoms with Gasteiger partial charge in [0.05, 0.1) is 32.1 Å². The summed E-state index contributed by atoms with van der Waals surface area (Å²) < 4.78 is 25.6. The lowest BCUT2D eigenvalue weighted by Gasteiger charge is -2.43. The van der Waals surface area contributed by atoms with Gasteiger partial charge in [0.2, 0.25) is 5.91 Å². The third-order valence-electron chi connectivity index (χ3n) is 5.76. The van der Waals surface area contributed by atoms with Crippen molar-refractivity contribution < 1.29 is 23.5 Å². The first-order chi connectivity index (χ1) is 15.8. The van der Waals surface area contributed by atoms with Crippen molar-refractivity contribution >= 4 is 17.5 Å². The number of halogens is 1. The molecule has 0 unspecified atom stereocenters. The quantitative estimate of drug-likeness (QED) is 0.621. The van der Waals surface area contributed by atoms with Crippen LogP contribution in [0.1, 0.15) is 28.7 Å². The lowest BCUT2D eigenvalue weighted by molar-refractivity contribution is -0.126. The van der Waals surface area contributed by atoms with E-state index in [1.165, 1.54) is 31.3 Å². The smallest absolute Gasteiger partial charge is 0.277 e. The fourth-order valence-electron chi connectivity index (χ4n) is 4.03. The molecule has 9 heteroatoms. The monoisotopic (exact) mass is 452 g/mol. The Bertz CT molecular complexity index is 1210. The Morgan fingerprint density at radius 3 is 2.55 bits per heavy atom. The molecule has 1 aliphatic rings. The second-order valence-corrected chi connectivity index (χ2v) is 8.09. The summed E-state index contributed by atoms with van der Waals surface area (Å²) in [5, 5.41) is 7.29. The maximum atomic E-state index is 13.6. The van der Waals surface area contributed by atoms with Gasteiger partial charge in [-0.15, -0.1) is 0 Å². The Hall–Kier alpha value is -3.88. The number of amides is 2. The van der Waals surface area contributed by atoms with Gasteiger partial charge in [0, 0.05) is 12.6 Å². The van der Waals surface area contributed by atoms with Gasteiger partial charge >= 0.3 is 0 Å². The van der Waals surface area contributed by atoms with Crippen molar-refractivity contribution in [2.24, 2.45) is 0 Å². The van der Waals surface area contributed by atoms with Crippen LogP contribution in [0.3, 0.4) is 0 Å². The zero-order chi connectivity index (χ0) is 23.8. The molecule has 4 rings (SSSR count). The number of carbonyl (C=O) groups excluding carboxylic acids is 2. The molecule has 0 spiro atoms. The highest BCUT2D eigenvalue weighted by atomic mass is 19.1. The van der Waals surface area contributed by atoms with Gasteiger partial charge in [-0.2, -0.15) is 5.10 Å². The number of hydrogen-bond donors (Lipinski definition) is 1. The summed E-state index contributed by atoms with van der Waals surface area (Å²) in [5.74, 6) is -0.149. The van der Waals surface area contributed by atoms with E-state index in [0.717, 1.165) is 5.56 Å². The molecule has 2 aromatic carbocycles. The molecule has 1 aromatic heterocycles. The molecular weight excluding hydrogens is 427 g/mol. The highest BCUT2D eigenvalue weighted by Crippen LogP contribution is 2.39. The number of benzene rings is 2. The first-order valence-electron chi connectivity index (χ1n) is 10.4. The molecule has 172 valence electrons. The van der Waals surface area contributed by atoms with Gasteiger partial charge in [0.15, 0.2) is 0 Å². The van der Waals surface area contributed by atoms with Gasteiger partial charge in [-0.05, 0) is 49.7 Å². The number of anilines is 1. The van der Waals surface area contributed by atoms with E-state index in [2.05, 4.69) is 10.4 Å². The third-order valence-corrected chi connectivity index (χ3v) is 5.76. The van der Waals surface area contributed by atoms with E-state index in [1.54, 1.807) is 54.9 Å². The molecule has 1 N–H and O–H groups in total. The molecule has 33 heavy (non-hydrogen) atoms. The van der Waals surface area contributed by atoms with E-state index in [9.17, 15) is 14.0 Å². The van der Waals surface area contributed by atoms with Crippen molar-refractivity contribution in [3.63, 3.8) is 0 Å². The van der Waals surface area contributed by atoms with Crippen LogP contribution in [0.25, 0.3) is 0 Å². The lowest BCUT2D eigenvalue weighted by Crippen LogP contribution is -2.64. The normalized spacial score (nSPS) is 17.5. The fourth-order valence-corrected chi connectivity index (χ4v) is 4.03. The Kier molecular flexibility index (Phi) is 5.80. The molecule has 0 radical (unpaired) electrons. The molecule has 0 saturated heterocycles. The number of rotatable bonds is 6.